The summed E-state index contributed by atoms with van der Waals surface area (Å²) in [6.07, 6.45) is 2.15. The highest BCUT2D eigenvalue weighted by Gasteiger charge is 2.18. The first-order chi connectivity index (χ1) is 8.99. The van der Waals surface area contributed by atoms with Gasteiger partial charge in [-0.25, -0.2) is 0 Å². The maximum absolute atomic E-state index is 13.8. The third-order valence-electron chi connectivity index (χ3n) is 2.42. The molecule has 0 amide bonds. The average Bonchev–Trinajstić information content (AvgIpc) is 2.80. The molecule has 0 spiro atoms. The first-order valence-electron chi connectivity index (χ1n) is 5.07. The first-order valence-corrected chi connectivity index (χ1v) is 5.07. The molecule has 0 unspecified atom stereocenters. The molecule has 1 aromatic heterocycles. The number of benzene rings is 1. The van der Waals surface area contributed by atoms with Crippen LogP contribution in [0.25, 0.3) is 0 Å². The van der Waals surface area contributed by atoms with Crippen molar-refractivity contribution in [1.82, 2.24) is 9.78 Å². The van der Waals surface area contributed by atoms with Crippen LogP contribution in [0.15, 0.2) is 30.6 Å². The highest BCUT2D eigenvalue weighted by Crippen LogP contribution is 2.21. The maximum Gasteiger partial charge on any atom is 0.307 e. The molecule has 0 N–H and O–H groups in total. The lowest BCUT2D eigenvalue weighted by Gasteiger charge is -2.03. The van der Waals surface area contributed by atoms with Crippen LogP contribution in [0.4, 0.5) is 15.8 Å². The minimum atomic E-state index is -0.967. The van der Waals surface area contributed by atoms with E-state index in [-0.39, 0.29) is 17.8 Å². The Morgan fingerprint density at radius 3 is 2.58 bits per heavy atom. The number of hydrogen-bond donors (Lipinski definition) is 0. The molecule has 0 atom stereocenters. The van der Waals surface area contributed by atoms with Crippen molar-refractivity contribution in [2.75, 3.05) is 0 Å². The summed E-state index contributed by atoms with van der Waals surface area (Å²) in [6, 6.07) is 3.74. The molecule has 0 aliphatic carbocycles. The zero-order valence-corrected chi connectivity index (χ0v) is 9.39. The first kappa shape index (κ1) is 12.6. The van der Waals surface area contributed by atoms with E-state index in [2.05, 4.69) is 5.10 Å². The van der Waals surface area contributed by atoms with Gasteiger partial charge in [0.05, 0.1) is 16.4 Å². The molecule has 0 saturated heterocycles. The minimum Gasteiger partial charge on any atom is -0.261 e. The summed E-state index contributed by atoms with van der Waals surface area (Å²) in [5, 5.41) is 24.7. The van der Waals surface area contributed by atoms with Gasteiger partial charge in [-0.3, -0.25) is 24.9 Å². The van der Waals surface area contributed by atoms with E-state index < -0.39 is 21.4 Å². The van der Waals surface area contributed by atoms with E-state index in [0.717, 1.165) is 23.1 Å². The van der Waals surface area contributed by atoms with Gasteiger partial charge < -0.3 is 0 Å². The Morgan fingerprint density at radius 2 is 2.00 bits per heavy atom. The lowest BCUT2D eigenvalue weighted by molar-refractivity contribution is -0.387. The van der Waals surface area contributed by atoms with Crippen LogP contribution in [0.3, 0.4) is 0 Å². The third kappa shape index (κ3) is 2.54. The fourth-order valence-corrected chi connectivity index (χ4v) is 1.54. The molecule has 0 saturated carbocycles. The van der Waals surface area contributed by atoms with E-state index in [0.29, 0.717) is 0 Å². The lowest BCUT2D eigenvalue weighted by atomic mass is 10.2. The predicted octanol–water partition coefficient (Wildman–Crippen LogP) is 1.89. The van der Waals surface area contributed by atoms with Crippen molar-refractivity contribution in [3.8, 4) is 0 Å². The Hall–Kier alpha value is -2.84. The largest absolute Gasteiger partial charge is 0.307 e. The predicted molar refractivity (Wildman–Crippen MR) is 61.0 cm³/mol. The molecule has 0 aliphatic rings. The summed E-state index contributed by atoms with van der Waals surface area (Å²) in [4.78, 5) is 19.6. The molecule has 1 heterocycles. The maximum atomic E-state index is 13.8. The second-order valence-electron chi connectivity index (χ2n) is 3.66. The Labute approximate surface area is 105 Å². The van der Waals surface area contributed by atoms with Gasteiger partial charge in [0.1, 0.15) is 12.4 Å². The molecule has 0 bridgehead atoms. The Kier molecular flexibility index (Phi) is 3.19. The topological polar surface area (TPSA) is 104 Å². The standard InChI is InChI=1S/C10H7FN4O4/c11-10-7(2-1-3-9(10)15(18)19)5-13-6-8(4-12-13)14(16)17/h1-4,6H,5H2. The van der Waals surface area contributed by atoms with Crippen LogP contribution in [-0.2, 0) is 6.54 Å². The second-order valence-corrected chi connectivity index (χ2v) is 3.66. The molecule has 8 nitrogen and oxygen atoms in total. The van der Waals surface area contributed by atoms with Gasteiger partial charge in [-0.05, 0) is 0 Å². The van der Waals surface area contributed by atoms with Crippen molar-refractivity contribution in [3.63, 3.8) is 0 Å². The van der Waals surface area contributed by atoms with Crippen LogP contribution in [0, 0.1) is 26.0 Å². The number of aromatic nitrogens is 2. The summed E-state index contributed by atoms with van der Waals surface area (Å²) in [5.41, 5.74) is -0.836. The summed E-state index contributed by atoms with van der Waals surface area (Å²) in [7, 11) is 0. The average molecular weight is 266 g/mol. The van der Waals surface area contributed by atoms with Gasteiger partial charge in [0.2, 0.25) is 5.82 Å². The molecule has 98 valence electrons. The molecule has 0 aliphatic heterocycles. The highest BCUT2D eigenvalue weighted by atomic mass is 19.1. The van der Waals surface area contributed by atoms with E-state index in [1.54, 1.807) is 0 Å². The summed E-state index contributed by atoms with van der Waals surface area (Å²) in [6.45, 7) is -0.124. The van der Waals surface area contributed by atoms with Gasteiger partial charge in [0, 0.05) is 11.6 Å². The molecular formula is C10H7FN4O4. The van der Waals surface area contributed by atoms with E-state index in [1.165, 1.54) is 12.1 Å². The molecule has 2 aromatic rings. The SMILES string of the molecule is O=[N+]([O-])c1cnn(Cc2cccc([N+](=O)[O-])c2F)c1. The second kappa shape index (κ2) is 4.80. The van der Waals surface area contributed by atoms with Gasteiger partial charge in [-0.2, -0.15) is 9.49 Å². The van der Waals surface area contributed by atoms with Crippen LogP contribution >= 0.6 is 0 Å². The lowest BCUT2D eigenvalue weighted by Crippen LogP contribution is -2.04. The zero-order chi connectivity index (χ0) is 14.0. The highest BCUT2D eigenvalue weighted by molar-refractivity contribution is 5.37. The summed E-state index contributed by atoms with van der Waals surface area (Å²) in [5.74, 6) is -0.967. The number of hydrogen-bond acceptors (Lipinski definition) is 5. The van der Waals surface area contributed by atoms with Crippen molar-refractivity contribution in [3.05, 3.63) is 62.2 Å². The Bertz CT molecular complexity index is 655. The summed E-state index contributed by atoms with van der Waals surface area (Å²) < 4.78 is 14.9. The Morgan fingerprint density at radius 1 is 1.26 bits per heavy atom. The van der Waals surface area contributed by atoms with Crippen molar-refractivity contribution < 1.29 is 14.2 Å². The van der Waals surface area contributed by atoms with Crippen LogP contribution in [0.2, 0.25) is 0 Å². The molecule has 9 heteroatoms. The monoisotopic (exact) mass is 266 g/mol. The van der Waals surface area contributed by atoms with Gasteiger partial charge in [-0.15, -0.1) is 0 Å². The minimum absolute atomic E-state index is 0.0344. The number of nitro benzene ring substituents is 1. The van der Waals surface area contributed by atoms with Crippen LogP contribution in [0.1, 0.15) is 5.56 Å². The zero-order valence-electron chi connectivity index (χ0n) is 9.39. The molecule has 0 fully saturated rings. The van der Waals surface area contributed by atoms with Gasteiger partial charge in [0.25, 0.3) is 0 Å². The number of rotatable bonds is 4. The van der Waals surface area contributed by atoms with Gasteiger partial charge >= 0.3 is 11.4 Å². The number of nitro groups is 2. The summed E-state index contributed by atoms with van der Waals surface area (Å²) >= 11 is 0. The van der Waals surface area contributed by atoms with Crippen molar-refractivity contribution in [2.45, 2.75) is 6.54 Å². The fraction of sp³-hybridized carbons (Fsp3) is 0.100. The molecule has 1 aromatic carbocycles. The van der Waals surface area contributed by atoms with Crippen LogP contribution in [-0.4, -0.2) is 19.6 Å². The normalized spacial score (nSPS) is 10.4. The van der Waals surface area contributed by atoms with E-state index in [4.69, 9.17) is 0 Å². The number of nitrogens with zero attached hydrogens (tertiary/aromatic N) is 4. The third-order valence-corrected chi connectivity index (χ3v) is 2.42. The van der Waals surface area contributed by atoms with E-state index in [9.17, 15) is 24.6 Å². The molecule has 19 heavy (non-hydrogen) atoms. The van der Waals surface area contributed by atoms with Crippen molar-refractivity contribution >= 4 is 11.4 Å². The van der Waals surface area contributed by atoms with Crippen molar-refractivity contribution in [1.29, 1.82) is 0 Å². The van der Waals surface area contributed by atoms with Gasteiger partial charge in [-0.1, -0.05) is 12.1 Å². The fourth-order valence-electron chi connectivity index (χ4n) is 1.54. The van der Waals surface area contributed by atoms with Crippen LogP contribution in [0.5, 0.6) is 0 Å². The quantitative estimate of drug-likeness (QED) is 0.620. The Balaban J connectivity index is 2.30. The smallest absolute Gasteiger partial charge is 0.261 e. The number of halogens is 1. The molecular weight excluding hydrogens is 259 g/mol. The van der Waals surface area contributed by atoms with Crippen molar-refractivity contribution in [2.24, 2.45) is 0 Å². The van der Waals surface area contributed by atoms with E-state index in [1.807, 2.05) is 0 Å². The van der Waals surface area contributed by atoms with E-state index >= 15 is 0 Å². The van der Waals surface area contributed by atoms with Gasteiger partial charge in [0.15, 0.2) is 0 Å². The molecule has 2 rings (SSSR count). The molecule has 0 radical (unpaired) electrons. The van der Waals surface area contributed by atoms with Crippen LogP contribution < -0.4 is 0 Å².